The summed E-state index contributed by atoms with van der Waals surface area (Å²) in [5, 5.41) is 7.01. The Morgan fingerprint density at radius 3 is 2.59 bits per heavy atom. The molecular weight excluding hydrogens is 276 g/mol. The molecule has 1 unspecified atom stereocenters. The molecule has 0 aliphatic heterocycles. The molecule has 3 heteroatoms. The fraction of sp³-hybridized carbons (Fsp3) is 0.571. The van der Waals surface area contributed by atoms with Crippen molar-refractivity contribution in [3.63, 3.8) is 0 Å². The van der Waals surface area contributed by atoms with Crippen LogP contribution in [0.2, 0.25) is 0 Å². The van der Waals surface area contributed by atoms with E-state index in [4.69, 9.17) is 0 Å². The maximum absolute atomic E-state index is 3.52. The van der Waals surface area contributed by atoms with Crippen LogP contribution in [0, 0.1) is 0 Å². The van der Waals surface area contributed by atoms with Crippen LogP contribution in [0.15, 0.2) is 28.7 Å². The highest BCUT2D eigenvalue weighted by molar-refractivity contribution is 9.10. The molecule has 2 N–H and O–H groups in total. The SMILES string of the molecule is CC(CNC(C)(C)C)NCc1cccc(Br)c1. The van der Waals surface area contributed by atoms with Crippen molar-refractivity contribution in [1.29, 1.82) is 0 Å². The Bertz CT molecular complexity index is 344. The van der Waals surface area contributed by atoms with Gasteiger partial charge in [-0.3, -0.25) is 0 Å². The van der Waals surface area contributed by atoms with E-state index in [2.05, 4.69) is 72.5 Å². The van der Waals surface area contributed by atoms with Gasteiger partial charge in [0.05, 0.1) is 0 Å². The van der Waals surface area contributed by atoms with Crippen LogP contribution >= 0.6 is 15.9 Å². The lowest BCUT2D eigenvalue weighted by Crippen LogP contribution is -2.44. The minimum absolute atomic E-state index is 0.186. The number of hydrogen-bond donors (Lipinski definition) is 2. The van der Waals surface area contributed by atoms with Gasteiger partial charge in [-0.2, -0.15) is 0 Å². The molecule has 1 aromatic carbocycles. The minimum Gasteiger partial charge on any atom is -0.311 e. The van der Waals surface area contributed by atoms with Crippen LogP contribution in [0.1, 0.15) is 33.3 Å². The Kier molecular flexibility index (Phi) is 5.63. The molecule has 0 spiro atoms. The third kappa shape index (κ3) is 6.81. The highest BCUT2D eigenvalue weighted by Gasteiger charge is 2.10. The third-order valence-electron chi connectivity index (χ3n) is 2.48. The molecule has 0 aliphatic rings. The minimum atomic E-state index is 0.186. The van der Waals surface area contributed by atoms with Crippen molar-refractivity contribution >= 4 is 15.9 Å². The quantitative estimate of drug-likeness (QED) is 0.871. The zero-order chi connectivity index (χ0) is 12.9. The second-order valence-corrected chi connectivity index (χ2v) is 6.46. The van der Waals surface area contributed by atoms with Gasteiger partial charge in [-0.25, -0.2) is 0 Å². The molecule has 96 valence electrons. The van der Waals surface area contributed by atoms with Crippen molar-refractivity contribution in [3.8, 4) is 0 Å². The fourth-order valence-electron chi connectivity index (χ4n) is 1.47. The van der Waals surface area contributed by atoms with Gasteiger partial charge in [0.15, 0.2) is 0 Å². The van der Waals surface area contributed by atoms with Crippen LogP contribution < -0.4 is 10.6 Å². The zero-order valence-electron chi connectivity index (χ0n) is 11.2. The standard InChI is InChI=1S/C14H23BrN2/c1-11(9-17-14(2,3)4)16-10-12-6-5-7-13(15)8-12/h5-8,11,16-17H,9-10H2,1-4H3. The topological polar surface area (TPSA) is 24.1 Å². The van der Waals surface area contributed by atoms with Gasteiger partial charge < -0.3 is 10.6 Å². The first kappa shape index (κ1) is 14.7. The van der Waals surface area contributed by atoms with Crippen molar-refractivity contribution < 1.29 is 0 Å². The van der Waals surface area contributed by atoms with E-state index < -0.39 is 0 Å². The number of nitrogens with one attached hydrogen (secondary N) is 2. The maximum Gasteiger partial charge on any atom is 0.0208 e. The summed E-state index contributed by atoms with van der Waals surface area (Å²) in [4.78, 5) is 0. The smallest absolute Gasteiger partial charge is 0.0208 e. The van der Waals surface area contributed by atoms with Crippen LogP contribution in [0.4, 0.5) is 0 Å². The maximum atomic E-state index is 3.52. The molecule has 0 bridgehead atoms. The molecule has 0 amide bonds. The van der Waals surface area contributed by atoms with Crippen LogP contribution in [0.5, 0.6) is 0 Å². The molecule has 0 heterocycles. The lowest BCUT2D eigenvalue weighted by atomic mass is 10.1. The number of rotatable bonds is 5. The lowest BCUT2D eigenvalue weighted by Gasteiger charge is -2.24. The van der Waals surface area contributed by atoms with Crippen molar-refractivity contribution in [2.45, 2.75) is 45.8 Å². The van der Waals surface area contributed by atoms with Crippen LogP contribution in [-0.2, 0) is 6.54 Å². The molecule has 1 rings (SSSR count). The van der Waals surface area contributed by atoms with Crippen molar-refractivity contribution in [3.05, 3.63) is 34.3 Å². The summed E-state index contributed by atoms with van der Waals surface area (Å²) in [5.41, 5.74) is 1.49. The molecule has 2 nitrogen and oxygen atoms in total. The van der Waals surface area contributed by atoms with Gasteiger partial charge in [-0.15, -0.1) is 0 Å². The number of halogens is 1. The van der Waals surface area contributed by atoms with E-state index in [9.17, 15) is 0 Å². The molecule has 0 aliphatic carbocycles. The van der Waals surface area contributed by atoms with Crippen molar-refractivity contribution in [2.75, 3.05) is 6.54 Å². The van der Waals surface area contributed by atoms with Gasteiger partial charge in [0, 0.05) is 29.1 Å². The molecule has 0 fully saturated rings. The fourth-order valence-corrected chi connectivity index (χ4v) is 1.92. The average Bonchev–Trinajstić information content (AvgIpc) is 2.23. The predicted molar refractivity (Wildman–Crippen MR) is 78.2 cm³/mol. The van der Waals surface area contributed by atoms with E-state index in [1.54, 1.807) is 0 Å². The summed E-state index contributed by atoms with van der Waals surface area (Å²) in [5.74, 6) is 0. The van der Waals surface area contributed by atoms with Crippen LogP contribution in [0.3, 0.4) is 0 Å². The largest absolute Gasteiger partial charge is 0.311 e. The van der Waals surface area contributed by atoms with E-state index in [1.807, 2.05) is 6.07 Å². The molecule has 0 saturated heterocycles. The molecule has 0 saturated carbocycles. The van der Waals surface area contributed by atoms with Gasteiger partial charge in [-0.05, 0) is 45.4 Å². The second-order valence-electron chi connectivity index (χ2n) is 5.54. The van der Waals surface area contributed by atoms with Gasteiger partial charge in [-0.1, -0.05) is 28.1 Å². The van der Waals surface area contributed by atoms with Crippen LogP contribution in [0.25, 0.3) is 0 Å². The third-order valence-corrected chi connectivity index (χ3v) is 2.98. The molecule has 0 aromatic heterocycles. The van der Waals surface area contributed by atoms with E-state index in [0.29, 0.717) is 6.04 Å². The Morgan fingerprint density at radius 1 is 1.29 bits per heavy atom. The van der Waals surface area contributed by atoms with Crippen LogP contribution in [-0.4, -0.2) is 18.1 Å². The average molecular weight is 299 g/mol. The Balaban J connectivity index is 2.31. The highest BCUT2D eigenvalue weighted by atomic mass is 79.9. The number of benzene rings is 1. The van der Waals surface area contributed by atoms with Gasteiger partial charge in [0.2, 0.25) is 0 Å². The summed E-state index contributed by atoms with van der Waals surface area (Å²) in [7, 11) is 0. The first-order chi connectivity index (χ1) is 7.87. The van der Waals surface area contributed by atoms with E-state index in [-0.39, 0.29) is 5.54 Å². The normalized spacial score (nSPS) is 13.7. The summed E-state index contributed by atoms with van der Waals surface area (Å²) in [6, 6.07) is 8.87. The number of hydrogen-bond acceptors (Lipinski definition) is 2. The Labute approximate surface area is 113 Å². The van der Waals surface area contributed by atoms with E-state index in [0.717, 1.165) is 17.6 Å². The molecule has 1 atom stereocenters. The molecule has 1 aromatic rings. The molecule has 17 heavy (non-hydrogen) atoms. The summed E-state index contributed by atoms with van der Waals surface area (Å²) in [6.45, 7) is 10.7. The zero-order valence-corrected chi connectivity index (χ0v) is 12.8. The van der Waals surface area contributed by atoms with Gasteiger partial charge in [0.25, 0.3) is 0 Å². The molecular formula is C14H23BrN2. The lowest BCUT2D eigenvalue weighted by molar-refractivity contribution is 0.387. The predicted octanol–water partition coefficient (Wildman–Crippen LogP) is 3.32. The first-order valence-electron chi connectivity index (χ1n) is 6.10. The first-order valence-corrected chi connectivity index (χ1v) is 6.89. The van der Waals surface area contributed by atoms with E-state index in [1.165, 1.54) is 5.56 Å². The Morgan fingerprint density at radius 2 is 2.00 bits per heavy atom. The summed E-state index contributed by atoms with van der Waals surface area (Å²) < 4.78 is 1.14. The van der Waals surface area contributed by atoms with Crippen molar-refractivity contribution in [1.82, 2.24) is 10.6 Å². The summed E-state index contributed by atoms with van der Waals surface area (Å²) >= 11 is 3.49. The highest BCUT2D eigenvalue weighted by Crippen LogP contribution is 2.11. The van der Waals surface area contributed by atoms with E-state index >= 15 is 0 Å². The molecule has 0 radical (unpaired) electrons. The summed E-state index contributed by atoms with van der Waals surface area (Å²) in [6.07, 6.45) is 0. The van der Waals surface area contributed by atoms with Gasteiger partial charge >= 0.3 is 0 Å². The van der Waals surface area contributed by atoms with Gasteiger partial charge in [0.1, 0.15) is 0 Å². The Hall–Kier alpha value is -0.380. The monoisotopic (exact) mass is 298 g/mol. The second kappa shape index (κ2) is 6.53. The van der Waals surface area contributed by atoms with Crippen molar-refractivity contribution in [2.24, 2.45) is 0 Å².